The Hall–Kier alpha value is -2.21. The van der Waals surface area contributed by atoms with Crippen LogP contribution in [-0.2, 0) is 0 Å². The summed E-state index contributed by atoms with van der Waals surface area (Å²) in [6.07, 6.45) is 0. The molecule has 0 atom stereocenters. The zero-order valence-corrected chi connectivity index (χ0v) is 9.91. The molecule has 0 spiro atoms. The van der Waals surface area contributed by atoms with Gasteiger partial charge in [-0.3, -0.25) is 10.1 Å². The normalized spacial score (nSPS) is 10.8. The average molecular weight is 267 g/mol. The average Bonchev–Trinajstić information content (AvgIpc) is 2.44. The van der Waals surface area contributed by atoms with Crippen molar-refractivity contribution in [2.24, 2.45) is 0 Å². The van der Waals surface area contributed by atoms with Crippen LogP contribution in [0.5, 0.6) is 0 Å². The molecule has 102 valence electrons. The highest BCUT2D eigenvalue weighted by atomic mass is 16.6. The van der Waals surface area contributed by atoms with Crippen molar-refractivity contribution in [3.8, 4) is 6.07 Å². The van der Waals surface area contributed by atoms with Crippen LogP contribution in [0.3, 0.4) is 0 Å². The molecule has 0 saturated carbocycles. The van der Waals surface area contributed by atoms with Gasteiger partial charge in [-0.2, -0.15) is 5.26 Å². The lowest BCUT2D eigenvalue weighted by molar-refractivity contribution is -0.384. The molecule has 0 aliphatic rings. The van der Waals surface area contributed by atoms with E-state index >= 15 is 0 Å². The molecule has 8 nitrogen and oxygen atoms in total. The lowest BCUT2D eigenvalue weighted by atomic mass is 10.0. The summed E-state index contributed by atoms with van der Waals surface area (Å²) >= 11 is 0. The predicted octanol–water partition coefficient (Wildman–Crippen LogP) is -0.406. The molecule has 0 aromatic heterocycles. The van der Waals surface area contributed by atoms with Gasteiger partial charge < -0.3 is 20.6 Å². The summed E-state index contributed by atoms with van der Waals surface area (Å²) in [5, 5.41) is 49.9. The SMILES string of the molecule is N#Cc1cccc(NC(CO)(CO)CO)c1[N+](=O)[O-]. The number of aliphatic hydroxyl groups is 3. The van der Waals surface area contributed by atoms with Crippen LogP contribution in [0.2, 0.25) is 0 Å². The van der Waals surface area contributed by atoms with Crippen LogP contribution >= 0.6 is 0 Å². The Morgan fingerprint density at radius 3 is 2.32 bits per heavy atom. The summed E-state index contributed by atoms with van der Waals surface area (Å²) in [5.74, 6) is 0. The highest BCUT2D eigenvalue weighted by Crippen LogP contribution is 2.30. The van der Waals surface area contributed by atoms with Crippen molar-refractivity contribution in [3.05, 3.63) is 33.9 Å². The van der Waals surface area contributed by atoms with Crippen molar-refractivity contribution >= 4 is 11.4 Å². The van der Waals surface area contributed by atoms with E-state index in [2.05, 4.69) is 5.32 Å². The number of hydrogen-bond donors (Lipinski definition) is 4. The Morgan fingerprint density at radius 1 is 1.32 bits per heavy atom. The minimum Gasteiger partial charge on any atom is -0.394 e. The fraction of sp³-hybridized carbons (Fsp3) is 0.364. The van der Waals surface area contributed by atoms with Crippen molar-refractivity contribution in [1.29, 1.82) is 5.26 Å². The lowest BCUT2D eigenvalue weighted by Gasteiger charge is -2.29. The topological polar surface area (TPSA) is 140 Å². The molecule has 0 aliphatic heterocycles. The van der Waals surface area contributed by atoms with E-state index in [1.54, 1.807) is 6.07 Å². The van der Waals surface area contributed by atoms with E-state index < -0.39 is 36.0 Å². The van der Waals surface area contributed by atoms with Gasteiger partial charge >= 0.3 is 5.69 Å². The fourth-order valence-electron chi connectivity index (χ4n) is 1.49. The van der Waals surface area contributed by atoms with Crippen LogP contribution in [0.1, 0.15) is 5.56 Å². The third-order valence-corrected chi connectivity index (χ3v) is 2.65. The van der Waals surface area contributed by atoms with Crippen LogP contribution in [0.4, 0.5) is 11.4 Å². The molecular weight excluding hydrogens is 254 g/mol. The molecule has 0 bridgehead atoms. The molecule has 0 fully saturated rings. The maximum Gasteiger partial charge on any atom is 0.309 e. The van der Waals surface area contributed by atoms with Gasteiger partial charge in [0, 0.05) is 0 Å². The first kappa shape index (κ1) is 14.8. The van der Waals surface area contributed by atoms with Gasteiger partial charge in [0.15, 0.2) is 0 Å². The quantitative estimate of drug-likeness (QED) is 0.406. The Morgan fingerprint density at radius 2 is 1.89 bits per heavy atom. The van der Waals surface area contributed by atoms with Crippen LogP contribution < -0.4 is 5.32 Å². The van der Waals surface area contributed by atoms with E-state index in [9.17, 15) is 25.4 Å². The molecule has 0 heterocycles. The molecule has 4 N–H and O–H groups in total. The molecule has 0 aliphatic carbocycles. The van der Waals surface area contributed by atoms with Crippen LogP contribution in [0, 0.1) is 21.4 Å². The van der Waals surface area contributed by atoms with Crippen molar-refractivity contribution in [3.63, 3.8) is 0 Å². The zero-order valence-electron chi connectivity index (χ0n) is 9.91. The van der Waals surface area contributed by atoms with Gasteiger partial charge in [-0.05, 0) is 12.1 Å². The van der Waals surface area contributed by atoms with Gasteiger partial charge in [0.25, 0.3) is 0 Å². The summed E-state index contributed by atoms with van der Waals surface area (Å²) in [5.41, 5.74) is -2.18. The second-order valence-electron chi connectivity index (χ2n) is 3.95. The second kappa shape index (κ2) is 6.10. The Bertz CT molecular complexity index is 499. The fourth-order valence-corrected chi connectivity index (χ4v) is 1.49. The van der Waals surface area contributed by atoms with E-state index in [4.69, 9.17) is 5.26 Å². The Balaban J connectivity index is 3.28. The maximum atomic E-state index is 11.0. The van der Waals surface area contributed by atoms with E-state index in [0.29, 0.717) is 0 Å². The first-order chi connectivity index (χ1) is 9.03. The summed E-state index contributed by atoms with van der Waals surface area (Å²) in [7, 11) is 0. The minimum absolute atomic E-state index is 0.0544. The third-order valence-electron chi connectivity index (χ3n) is 2.65. The van der Waals surface area contributed by atoms with Crippen LogP contribution in [-0.4, -0.2) is 45.6 Å². The summed E-state index contributed by atoms with van der Waals surface area (Å²) in [4.78, 5) is 10.2. The number of nitrogens with zero attached hydrogens (tertiary/aromatic N) is 2. The van der Waals surface area contributed by atoms with E-state index in [1.807, 2.05) is 0 Å². The van der Waals surface area contributed by atoms with Gasteiger partial charge in [-0.25, -0.2) is 0 Å². The standard InChI is InChI=1S/C11H13N3O5/c12-4-8-2-1-3-9(10(8)14(18)19)13-11(5-15,6-16)7-17/h1-3,13,15-17H,5-7H2. The number of aliphatic hydroxyl groups excluding tert-OH is 3. The first-order valence-corrected chi connectivity index (χ1v) is 5.32. The molecule has 0 amide bonds. The number of nitriles is 1. The largest absolute Gasteiger partial charge is 0.394 e. The summed E-state index contributed by atoms with van der Waals surface area (Å²) in [6.45, 7) is -1.89. The van der Waals surface area contributed by atoms with Crippen molar-refractivity contribution < 1.29 is 20.2 Å². The van der Waals surface area contributed by atoms with Crippen molar-refractivity contribution in [2.75, 3.05) is 25.1 Å². The summed E-state index contributed by atoms with van der Waals surface area (Å²) < 4.78 is 0. The molecule has 1 aromatic carbocycles. The van der Waals surface area contributed by atoms with Crippen LogP contribution in [0.25, 0.3) is 0 Å². The number of anilines is 1. The third kappa shape index (κ3) is 2.97. The van der Waals surface area contributed by atoms with Crippen molar-refractivity contribution in [2.45, 2.75) is 5.54 Å². The highest BCUT2D eigenvalue weighted by Gasteiger charge is 2.31. The van der Waals surface area contributed by atoms with Gasteiger partial charge in [-0.15, -0.1) is 0 Å². The molecular formula is C11H13N3O5. The summed E-state index contributed by atoms with van der Waals surface area (Å²) in [6, 6.07) is 5.72. The highest BCUT2D eigenvalue weighted by molar-refractivity contribution is 5.69. The zero-order chi connectivity index (χ0) is 14.5. The number of nitro benzene ring substituents is 1. The molecule has 1 rings (SSSR count). The first-order valence-electron chi connectivity index (χ1n) is 5.32. The van der Waals surface area contributed by atoms with E-state index in [0.717, 1.165) is 0 Å². The number of rotatable bonds is 6. The second-order valence-corrected chi connectivity index (χ2v) is 3.95. The monoisotopic (exact) mass is 267 g/mol. The van der Waals surface area contributed by atoms with Crippen molar-refractivity contribution in [1.82, 2.24) is 0 Å². The molecule has 1 aromatic rings. The number of nitrogens with one attached hydrogen (secondary N) is 1. The smallest absolute Gasteiger partial charge is 0.309 e. The predicted molar refractivity (Wildman–Crippen MR) is 65.4 cm³/mol. The van der Waals surface area contributed by atoms with Gasteiger partial charge in [0.2, 0.25) is 0 Å². The molecule has 19 heavy (non-hydrogen) atoms. The maximum absolute atomic E-state index is 11.0. The van der Waals surface area contributed by atoms with Gasteiger partial charge in [0.1, 0.15) is 22.9 Å². The van der Waals surface area contributed by atoms with E-state index in [-0.39, 0.29) is 11.3 Å². The number of hydrogen-bond acceptors (Lipinski definition) is 7. The molecule has 0 saturated heterocycles. The number of benzene rings is 1. The molecule has 0 radical (unpaired) electrons. The van der Waals surface area contributed by atoms with E-state index in [1.165, 1.54) is 18.2 Å². The number of para-hydroxylation sites is 1. The van der Waals surface area contributed by atoms with Gasteiger partial charge in [-0.1, -0.05) is 6.07 Å². The Labute approximate surface area is 108 Å². The Kier molecular flexibility index (Phi) is 4.77. The number of nitro groups is 1. The molecule has 8 heteroatoms. The van der Waals surface area contributed by atoms with Gasteiger partial charge in [0.05, 0.1) is 24.7 Å². The minimum atomic E-state index is -1.50. The van der Waals surface area contributed by atoms with Crippen LogP contribution in [0.15, 0.2) is 18.2 Å². The molecule has 0 unspecified atom stereocenters. The lowest BCUT2D eigenvalue weighted by Crippen LogP contribution is -2.49.